The molecule has 130 valence electrons. The normalized spacial score (nSPS) is 24.7. The van der Waals surface area contributed by atoms with E-state index in [4.69, 9.17) is 0 Å². The molecule has 0 saturated carbocycles. The summed E-state index contributed by atoms with van der Waals surface area (Å²) in [5.74, 6) is 0.658. The van der Waals surface area contributed by atoms with E-state index in [-0.39, 0.29) is 6.04 Å². The van der Waals surface area contributed by atoms with Gasteiger partial charge in [0.05, 0.1) is 10.9 Å². The van der Waals surface area contributed by atoms with Crippen LogP contribution in [0, 0.1) is 5.92 Å². The van der Waals surface area contributed by atoms with Crippen molar-refractivity contribution in [3.63, 3.8) is 0 Å². The number of allylic oxidation sites excluding steroid dienone is 1. The molecule has 25 heavy (non-hydrogen) atoms. The van der Waals surface area contributed by atoms with E-state index in [1.165, 1.54) is 9.87 Å². The molecule has 1 aliphatic heterocycles. The average molecular weight is 354 g/mol. The molecule has 0 bridgehead atoms. The first-order valence-corrected chi connectivity index (χ1v) is 9.97. The molecule has 2 aromatic rings. The summed E-state index contributed by atoms with van der Waals surface area (Å²) in [4.78, 5) is 0.363. The Morgan fingerprint density at radius 2 is 1.84 bits per heavy atom. The van der Waals surface area contributed by atoms with E-state index in [0.29, 0.717) is 16.7 Å². The zero-order valence-corrected chi connectivity index (χ0v) is 15.2. The summed E-state index contributed by atoms with van der Waals surface area (Å²) >= 11 is 0. The van der Waals surface area contributed by atoms with Gasteiger partial charge in [-0.1, -0.05) is 42.5 Å². The van der Waals surface area contributed by atoms with Gasteiger partial charge in [0.25, 0.3) is 0 Å². The predicted molar refractivity (Wildman–Crippen MR) is 100 cm³/mol. The van der Waals surface area contributed by atoms with Gasteiger partial charge in [-0.05, 0) is 41.7 Å². The molecule has 4 nitrogen and oxygen atoms in total. The van der Waals surface area contributed by atoms with E-state index < -0.39 is 10.0 Å². The fourth-order valence-electron chi connectivity index (χ4n) is 3.93. The zero-order chi connectivity index (χ0) is 17.6. The first kappa shape index (κ1) is 16.4. The second-order valence-electron chi connectivity index (χ2n) is 6.92. The summed E-state index contributed by atoms with van der Waals surface area (Å²) in [5, 5.41) is 3.63. The molecule has 1 aliphatic carbocycles. The standard InChI is InChI=1S/C20H22N2O2S/c1-22(2)25(23,24)15-11-12-19-18(13-15)16-9-6-10-17(16)20(21-19)14-7-4-3-5-8-14/h3-8,10-13,16-17,20-21H,9H2,1-2H3. The molecule has 2 aromatic carbocycles. The third-order valence-electron chi connectivity index (χ3n) is 5.27. The molecule has 3 atom stereocenters. The van der Waals surface area contributed by atoms with Crippen LogP contribution in [0.3, 0.4) is 0 Å². The maximum Gasteiger partial charge on any atom is 0.242 e. The van der Waals surface area contributed by atoms with Gasteiger partial charge >= 0.3 is 0 Å². The van der Waals surface area contributed by atoms with Crippen molar-refractivity contribution < 1.29 is 8.42 Å². The van der Waals surface area contributed by atoms with E-state index in [2.05, 4.69) is 41.7 Å². The molecular weight excluding hydrogens is 332 g/mol. The molecule has 0 fully saturated rings. The summed E-state index contributed by atoms with van der Waals surface area (Å²) < 4.78 is 26.2. The van der Waals surface area contributed by atoms with E-state index in [1.807, 2.05) is 18.2 Å². The number of benzene rings is 2. The molecule has 0 saturated heterocycles. The van der Waals surface area contributed by atoms with Gasteiger partial charge in [-0.3, -0.25) is 0 Å². The van der Waals surface area contributed by atoms with Gasteiger partial charge < -0.3 is 5.32 Å². The second-order valence-corrected chi connectivity index (χ2v) is 9.07. The van der Waals surface area contributed by atoms with Crippen molar-refractivity contribution >= 4 is 15.7 Å². The summed E-state index contributed by atoms with van der Waals surface area (Å²) in [7, 11) is -0.284. The highest BCUT2D eigenvalue weighted by atomic mass is 32.2. The van der Waals surface area contributed by atoms with Crippen molar-refractivity contribution in [1.29, 1.82) is 0 Å². The molecule has 0 spiro atoms. The van der Waals surface area contributed by atoms with Crippen LogP contribution in [0.15, 0.2) is 65.6 Å². The number of hydrogen-bond donors (Lipinski definition) is 1. The lowest BCUT2D eigenvalue weighted by Crippen LogP contribution is -2.29. The second kappa shape index (κ2) is 6.00. The van der Waals surface area contributed by atoms with Crippen molar-refractivity contribution in [1.82, 2.24) is 4.31 Å². The summed E-state index contributed by atoms with van der Waals surface area (Å²) in [6.07, 6.45) is 5.44. The van der Waals surface area contributed by atoms with Gasteiger partial charge in [0.1, 0.15) is 0 Å². The number of sulfonamides is 1. The lowest BCUT2D eigenvalue weighted by atomic mass is 9.77. The van der Waals surface area contributed by atoms with Crippen LogP contribution in [-0.2, 0) is 10.0 Å². The predicted octanol–water partition coefficient (Wildman–Crippen LogP) is 3.76. The highest BCUT2D eigenvalue weighted by molar-refractivity contribution is 7.89. The van der Waals surface area contributed by atoms with Gasteiger partial charge in [0, 0.05) is 25.7 Å². The summed E-state index contributed by atoms with van der Waals surface area (Å²) in [5.41, 5.74) is 3.40. The van der Waals surface area contributed by atoms with Crippen molar-refractivity contribution in [3.8, 4) is 0 Å². The maximum absolute atomic E-state index is 12.5. The monoisotopic (exact) mass is 354 g/mol. The Labute approximate surface area is 149 Å². The fraction of sp³-hybridized carbons (Fsp3) is 0.300. The number of anilines is 1. The summed E-state index contributed by atoms with van der Waals surface area (Å²) in [6.45, 7) is 0. The smallest absolute Gasteiger partial charge is 0.242 e. The number of rotatable bonds is 3. The molecule has 0 aromatic heterocycles. The average Bonchev–Trinajstić information content (AvgIpc) is 3.11. The number of fused-ring (bicyclic) bond motifs is 3. The lowest BCUT2D eigenvalue weighted by molar-refractivity contribution is 0.456. The highest BCUT2D eigenvalue weighted by Crippen LogP contribution is 2.50. The topological polar surface area (TPSA) is 49.4 Å². The van der Waals surface area contributed by atoms with Crippen molar-refractivity contribution in [2.75, 3.05) is 19.4 Å². The Bertz CT molecular complexity index is 920. The quantitative estimate of drug-likeness (QED) is 0.854. The Morgan fingerprint density at radius 1 is 1.08 bits per heavy atom. The summed E-state index contributed by atoms with van der Waals surface area (Å²) in [6, 6.07) is 16.1. The van der Waals surface area contributed by atoms with Crippen LogP contribution in [-0.4, -0.2) is 26.8 Å². The van der Waals surface area contributed by atoms with Crippen molar-refractivity contribution in [3.05, 3.63) is 71.8 Å². The van der Waals surface area contributed by atoms with Crippen molar-refractivity contribution in [2.45, 2.75) is 23.3 Å². The zero-order valence-electron chi connectivity index (χ0n) is 14.4. The van der Waals surface area contributed by atoms with E-state index in [9.17, 15) is 8.42 Å². The Kier molecular flexibility index (Phi) is 3.93. The molecule has 1 heterocycles. The van der Waals surface area contributed by atoms with Crippen molar-refractivity contribution in [2.24, 2.45) is 5.92 Å². The van der Waals surface area contributed by atoms with Crippen LogP contribution in [0.2, 0.25) is 0 Å². The van der Waals surface area contributed by atoms with Gasteiger partial charge in [0.15, 0.2) is 0 Å². The molecule has 4 rings (SSSR count). The Balaban J connectivity index is 1.78. The lowest BCUT2D eigenvalue weighted by Gasteiger charge is -2.37. The molecule has 1 N–H and O–H groups in total. The van der Waals surface area contributed by atoms with Crippen LogP contribution in [0.1, 0.15) is 29.5 Å². The first-order chi connectivity index (χ1) is 12.0. The van der Waals surface area contributed by atoms with E-state index in [0.717, 1.165) is 17.7 Å². The molecule has 3 unspecified atom stereocenters. The van der Waals surface area contributed by atoms with E-state index >= 15 is 0 Å². The van der Waals surface area contributed by atoms with Crippen LogP contribution in [0.4, 0.5) is 5.69 Å². The van der Waals surface area contributed by atoms with Crippen LogP contribution in [0.5, 0.6) is 0 Å². The Morgan fingerprint density at radius 3 is 2.56 bits per heavy atom. The van der Waals surface area contributed by atoms with Crippen LogP contribution in [0.25, 0.3) is 0 Å². The fourth-order valence-corrected chi connectivity index (χ4v) is 4.87. The third kappa shape index (κ3) is 2.68. The minimum atomic E-state index is -3.42. The van der Waals surface area contributed by atoms with Gasteiger partial charge in [0.2, 0.25) is 10.0 Å². The molecular formula is C20H22N2O2S. The van der Waals surface area contributed by atoms with E-state index in [1.54, 1.807) is 20.2 Å². The number of nitrogens with one attached hydrogen (secondary N) is 1. The number of nitrogens with zero attached hydrogens (tertiary/aromatic N) is 1. The number of hydrogen-bond acceptors (Lipinski definition) is 3. The molecule has 5 heteroatoms. The molecule has 0 amide bonds. The SMILES string of the molecule is CN(C)S(=O)(=O)c1ccc2c(c1)C1CC=CC1C(c1ccccc1)N2. The van der Waals surface area contributed by atoms with Crippen LogP contribution >= 0.6 is 0 Å². The van der Waals surface area contributed by atoms with Gasteiger partial charge in [-0.25, -0.2) is 12.7 Å². The molecule has 0 radical (unpaired) electrons. The van der Waals surface area contributed by atoms with Gasteiger partial charge in [-0.15, -0.1) is 0 Å². The van der Waals surface area contributed by atoms with Crippen LogP contribution < -0.4 is 5.32 Å². The van der Waals surface area contributed by atoms with Gasteiger partial charge in [-0.2, -0.15) is 0 Å². The third-order valence-corrected chi connectivity index (χ3v) is 7.08. The minimum Gasteiger partial charge on any atom is -0.377 e. The molecule has 2 aliphatic rings. The highest BCUT2D eigenvalue weighted by Gasteiger charge is 2.38. The largest absolute Gasteiger partial charge is 0.377 e. The minimum absolute atomic E-state index is 0.216. The first-order valence-electron chi connectivity index (χ1n) is 8.53. The Hall–Kier alpha value is -2.11. The maximum atomic E-state index is 12.5.